The zero-order valence-corrected chi connectivity index (χ0v) is 14.6. The first kappa shape index (κ1) is 17.2. The van der Waals surface area contributed by atoms with Gasteiger partial charge in [0.25, 0.3) is 5.91 Å². The van der Waals surface area contributed by atoms with Crippen LogP contribution >= 0.6 is 0 Å². The van der Waals surface area contributed by atoms with E-state index in [1.54, 1.807) is 11.1 Å². The van der Waals surface area contributed by atoms with E-state index in [4.69, 9.17) is 0 Å². The molecule has 1 saturated heterocycles. The van der Waals surface area contributed by atoms with Gasteiger partial charge in [0.15, 0.2) is 0 Å². The number of aromatic nitrogens is 2. The predicted molar refractivity (Wildman–Crippen MR) is 95.2 cm³/mol. The van der Waals surface area contributed by atoms with Gasteiger partial charge in [-0.05, 0) is 12.0 Å². The third kappa shape index (κ3) is 4.26. The number of benzene rings is 1. The first-order chi connectivity index (χ1) is 12.2. The van der Waals surface area contributed by atoms with Gasteiger partial charge >= 0.3 is 0 Å². The summed E-state index contributed by atoms with van der Waals surface area (Å²) in [4.78, 5) is 35.7. The number of hydrogen-bond donors (Lipinski definition) is 1. The fraction of sp³-hybridized carbons (Fsp3) is 0.421. The lowest BCUT2D eigenvalue weighted by atomic mass is 10.1. The molecule has 1 aliphatic rings. The number of piperazine rings is 1. The summed E-state index contributed by atoms with van der Waals surface area (Å²) in [6.07, 6.45) is 3.64. The molecule has 1 aromatic carbocycles. The van der Waals surface area contributed by atoms with Crippen molar-refractivity contribution in [3.8, 4) is 0 Å². The number of rotatable bonds is 5. The summed E-state index contributed by atoms with van der Waals surface area (Å²) in [6.45, 7) is 4.31. The topological polar surface area (TPSA) is 69.3 Å². The van der Waals surface area contributed by atoms with E-state index in [0.717, 1.165) is 18.7 Å². The Bertz CT molecular complexity index is 718. The van der Waals surface area contributed by atoms with Gasteiger partial charge in [0.05, 0.1) is 6.20 Å². The van der Waals surface area contributed by atoms with Crippen molar-refractivity contribution >= 4 is 11.8 Å². The number of amides is 2. The Kier molecular flexibility index (Phi) is 5.48. The van der Waals surface area contributed by atoms with Crippen molar-refractivity contribution in [1.29, 1.82) is 0 Å². The Labute approximate surface area is 147 Å². The minimum Gasteiger partial charge on any atom is -0.339 e. The van der Waals surface area contributed by atoms with Crippen molar-refractivity contribution in [3.63, 3.8) is 0 Å². The van der Waals surface area contributed by atoms with Crippen LogP contribution in [0, 0.1) is 0 Å². The van der Waals surface area contributed by atoms with Crippen LogP contribution in [-0.2, 0) is 17.6 Å². The molecule has 1 aliphatic heterocycles. The quantitative estimate of drug-likeness (QED) is 0.904. The maximum Gasteiger partial charge on any atom is 0.272 e. The molecule has 6 nitrogen and oxygen atoms in total. The molecule has 132 valence electrons. The standard InChI is InChI=1S/C19H24N4O2/c1-2-17-20-14-16(21-17)19(25)23-12-10-22(11-13-23)18(24)9-8-15-6-4-3-5-7-15/h3-7,14H,2,8-13H2,1H3,(H,20,21). The molecule has 0 bridgehead atoms. The summed E-state index contributed by atoms with van der Waals surface area (Å²) in [5.74, 6) is 0.937. The van der Waals surface area contributed by atoms with E-state index in [0.29, 0.717) is 38.3 Å². The Hall–Kier alpha value is -2.63. The van der Waals surface area contributed by atoms with Crippen LogP contribution in [0.1, 0.15) is 35.2 Å². The number of nitrogens with zero attached hydrogens (tertiary/aromatic N) is 3. The molecule has 1 aromatic heterocycles. The molecular weight excluding hydrogens is 316 g/mol. The summed E-state index contributed by atoms with van der Waals surface area (Å²) in [5.41, 5.74) is 1.70. The fourth-order valence-electron chi connectivity index (χ4n) is 3.03. The van der Waals surface area contributed by atoms with Crippen LogP contribution in [0.5, 0.6) is 0 Å². The van der Waals surface area contributed by atoms with Crippen LogP contribution in [0.4, 0.5) is 0 Å². The van der Waals surface area contributed by atoms with Crippen LogP contribution in [0.2, 0.25) is 0 Å². The highest BCUT2D eigenvalue weighted by Gasteiger charge is 2.25. The molecule has 3 rings (SSSR count). The number of H-pyrrole nitrogens is 1. The second-order valence-corrected chi connectivity index (χ2v) is 6.26. The lowest BCUT2D eigenvalue weighted by Crippen LogP contribution is -2.50. The van der Waals surface area contributed by atoms with Crippen molar-refractivity contribution in [1.82, 2.24) is 19.8 Å². The molecular formula is C19H24N4O2. The Morgan fingerprint density at radius 2 is 1.76 bits per heavy atom. The third-order valence-electron chi connectivity index (χ3n) is 4.58. The number of nitrogens with one attached hydrogen (secondary N) is 1. The van der Waals surface area contributed by atoms with E-state index >= 15 is 0 Å². The number of hydrogen-bond acceptors (Lipinski definition) is 3. The molecule has 0 radical (unpaired) electrons. The molecule has 0 unspecified atom stereocenters. The van der Waals surface area contributed by atoms with E-state index in [1.165, 1.54) is 5.56 Å². The highest BCUT2D eigenvalue weighted by Crippen LogP contribution is 2.10. The van der Waals surface area contributed by atoms with Gasteiger partial charge in [-0.25, -0.2) is 4.98 Å². The lowest BCUT2D eigenvalue weighted by Gasteiger charge is -2.34. The highest BCUT2D eigenvalue weighted by atomic mass is 16.2. The van der Waals surface area contributed by atoms with Gasteiger partial charge in [0.1, 0.15) is 11.5 Å². The van der Waals surface area contributed by atoms with Gasteiger partial charge in [0, 0.05) is 39.0 Å². The summed E-state index contributed by atoms with van der Waals surface area (Å²) >= 11 is 0. The molecule has 0 aliphatic carbocycles. The molecule has 25 heavy (non-hydrogen) atoms. The Morgan fingerprint density at radius 1 is 1.08 bits per heavy atom. The zero-order valence-electron chi connectivity index (χ0n) is 14.6. The van der Waals surface area contributed by atoms with Crippen LogP contribution in [0.25, 0.3) is 0 Å². The van der Waals surface area contributed by atoms with Crippen LogP contribution in [0.15, 0.2) is 36.5 Å². The third-order valence-corrected chi connectivity index (χ3v) is 4.58. The summed E-state index contributed by atoms with van der Waals surface area (Å²) in [6, 6.07) is 10.0. The first-order valence-electron chi connectivity index (χ1n) is 8.82. The van der Waals surface area contributed by atoms with E-state index in [1.807, 2.05) is 42.2 Å². The van der Waals surface area contributed by atoms with E-state index in [2.05, 4.69) is 9.97 Å². The van der Waals surface area contributed by atoms with E-state index in [9.17, 15) is 9.59 Å². The predicted octanol–water partition coefficient (Wildman–Crippen LogP) is 1.89. The molecule has 6 heteroatoms. The van der Waals surface area contributed by atoms with E-state index in [-0.39, 0.29) is 11.8 Å². The Balaban J connectivity index is 1.47. The molecule has 0 saturated carbocycles. The average molecular weight is 340 g/mol. The van der Waals surface area contributed by atoms with Crippen LogP contribution in [-0.4, -0.2) is 57.8 Å². The summed E-state index contributed by atoms with van der Waals surface area (Å²) < 4.78 is 0. The van der Waals surface area contributed by atoms with Gasteiger partial charge in [-0.1, -0.05) is 37.3 Å². The first-order valence-corrected chi connectivity index (χ1v) is 8.82. The SMILES string of the molecule is CCc1ncc(C(=O)N2CCN(C(=O)CCc3ccccc3)CC2)[nH]1. The summed E-state index contributed by atoms with van der Waals surface area (Å²) in [5, 5.41) is 0. The van der Waals surface area contributed by atoms with Gasteiger partial charge in [-0.3, -0.25) is 9.59 Å². The maximum atomic E-state index is 12.5. The smallest absolute Gasteiger partial charge is 0.272 e. The normalized spacial score (nSPS) is 14.6. The highest BCUT2D eigenvalue weighted by molar-refractivity contribution is 5.92. The molecule has 1 fully saturated rings. The molecule has 2 amide bonds. The molecule has 0 atom stereocenters. The van der Waals surface area contributed by atoms with Gasteiger partial charge in [0.2, 0.25) is 5.91 Å². The van der Waals surface area contributed by atoms with E-state index < -0.39 is 0 Å². The molecule has 2 aromatic rings. The van der Waals surface area contributed by atoms with Crippen LogP contribution in [0.3, 0.4) is 0 Å². The van der Waals surface area contributed by atoms with Crippen LogP contribution < -0.4 is 0 Å². The Morgan fingerprint density at radius 3 is 2.40 bits per heavy atom. The number of carbonyl (C=O) groups is 2. The molecule has 1 N–H and O–H groups in total. The maximum absolute atomic E-state index is 12.5. The zero-order chi connectivity index (χ0) is 17.6. The van der Waals surface area contributed by atoms with Gasteiger partial charge < -0.3 is 14.8 Å². The lowest BCUT2D eigenvalue weighted by molar-refractivity contribution is -0.132. The van der Waals surface area contributed by atoms with Crippen molar-refractivity contribution in [2.75, 3.05) is 26.2 Å². The van der Waals surface area contributed by atoms with Gasteiger partial charge in [-0.15, -0.1) is 0 Å². The molecule has 2 heterocycles. The van der Waals surface area contributed by atoms with Crippen molar-refractivity contribution < 1.29 is 9.59 Å². The number of imidazole rings is 1. The number of aryl methyl sites for hydroxylation is 2. The average Bonchev–Trinajstić information content (AvgIpc) is 3.16. The largest absolute Gasteiger partial charge is 0.339 e. The number of carbonyl (C=O) groups excluding carboxylic acids is 2. The van der Waals surface area contributed by atoms with Crippen molar-refractivity contribution in [3.05, 3.63) is 53.6 Å². The second kappa shape index (κ2) is 7.96. The molecule has 0 spiro atoms. The monoisotopic (exact) mass is 340 g/mol. The van der Waals surface area contributed by atoms with Gasteiger partial charge in [-0.2, -0.15) is 0 Å². The minimum atomic E-state index is -0.0383. The van der Waals surface area contributed by atoms with Crippen molar-refractivity contribution in [2.45, 2.75) is 26.2 Å². The summed E-state index contributed by atoms with van der Waals surface area (Å²) in [7, 11) is 0. The van der Waals surface area contributed by atoms with Crippen molar-refractivity contribution in [2.24, 2.45) is 0 Å². The number of aromatic amines is 1. The second-order valence-electron chi connectivity index (χ2n) is 6.26. The fourth-order valence-corrected chi connectivity index (χ4v) is 3.03. The minimum absolute atomic E-state index is 0.0383.